The molecule has 0 aromatic carbocycles. The molecule has 5 nitrogen and oxygen atoms in total. The second-order valence-corrected chi connectivity index (χ2v) is 5.82. The first-order valence-electron chi connectivity index (χ1n) is 7.43. The Bertz CT molecular complexity index is 260. The van der Waals surface area contributed by atoms with E-state index in [-0.39, 0.29) is 17.9 Å². The summed E-state index contributed by atoms with van der Waals surface area (Å²) in [7, 11) is 3.29. The Morgan fingerprint density at radius 1 is 1.20 bits per heavy atom. The molecule has 0 aromatic heterocycles. The molecular formula is C15H32N2O3. The zero-order chi connectivity index (χ0) is 15.5. The molecule has 0 spiro atoms. The number of hydrogen-bond acceptors (Lipinski definition) is 4. The fourth-order valence-corrected chi connectivity index (χ4v) is 2.41. The minimum Gasteiger partial charge on any atom is -0.383 e. The van der Waals surface area contributed by atoms with E-state index in [2.05, 4.69) is 13.8 Å². The number of amides is 1. The van der Waals surface area contributed by atoms with Gasteiger partial charge in [0.25, 0.3) is 0 Å². The Labute approximate surface area is 123 Å². The first kappa shape index (κ1) is 19.4. The number of nitrogens with two attached hydrogens (primary N) is 1. The predicted molar refractivity (Wildman–Crippen MR) is 81.5 cm³/mol. The topological polar surface area (TPSA) is 64.8 Å². The Morgan fingerprint density at radius 2 is 1.85 bits per heavy atom. The minimum absolute atomic E-state index is 0.0557. The second-order valence-electron chi connectivity index (χ2n) is 5.82. The van der Waals surface area contributed by atoms with Crippen LogP contribution < -0.4 is 5.73 Å². The van der Waals surface area contributed by atoms with Crippen molar-refractivity contribution in [3.8, 4) is 0 Å². The molecule has 0 radical (unpaired) electrons. The fourth-order valence-electron chi connectivity index (χ4n) is 2.41. The highest BCUT2D eigenvalue weighted by molar-refractivity contribution is 5.76. The molecule has 5 heteroatoms. The van der Waals surface area contributed by atoms with Crippen molar-refractivity contribution in [1.29, 1.82) is 0 Å². The molecule has 0 aliphatic heterocycles. The molecule has 2 N–H and O–H groups in total. The molecular weight excluding hydrogens is 256 g/mol. The van der Waals surface area contributed by atoms with E-state index in [1.165, 1.54) is 0 Å². The van der Waals surface area contributed by atoms with Crippen molar-refractivity contribution in [1.82, 2.24) is 4.90 Å². The van der Waals surface area contributed by atoms with E-state index in [1.807, 2.05) is 11.8 Å². The number of nitrogens with zero attached hydrogens (tertiary/aromatic N) is 1. The zero-order valence-corrected chi connectivity index (χ0v) is 13.7. The molecule has 1 unspecified atom stereocenters. The largest absolute Gasteiger partial charge is 0.383 e. The van der Waals surface area contributed by atoms with E-state index < -0.39 is 0 Å². The van der Waals surface area contributed by atoms with Gasteiger partial charge in [-0.1, -0.05) is 13.8 Å². The first-order valence-corrected chi connectivity index (χ1v) is 7.43. The predicted octanol–water partition coefficient (Wildman–Crippen LogP) is 1.51. The lowest BCUT2D eigenvalue weighted by Gasteiger charge is -2.30. The maximum atomic E-state index is 12.5. The highest BCUT2D eigenvalue weighted by Gasteiger charge is 2.23. The summed E-state index contributed by atoms with van der Waals surface area (Å²) in [6.45, 7) is 8.54. The van der Waals surface area contributed by atoms with Gasteiger partial charge in [0.15, 0.2) is 0 Å². The summed E-state index contributed by atoms with van der Waals surface area (Å²) in [5.41, 5.74) is 5.78. The Balaban J connectivity index is 4.58. The molecule has 120 valence electrons. The molecule has 0 aromatic rings. The van der Waals surface area contributed by atoms with Crippen LogP contribution in [-0.2, 0) is 14.3 Å². The molecule has 0 heterocycles. The van der Waals surface area contributed by atoms with Crippen LogP contribution in [0.15, 0.2) is 0 Å². The van der Waals surface area contributed by atoms with Gasteiger partial charge in [0, 0.05) is 27.2 Å². The third-order valence-electron chi connectivity index (χ3n) is 3.40. The summed E-state index contributed by atoms with van der Waals surface area (Å²) in [6.07, 6.45) is 1.49. The smallest absolute Gasteiger partial charge is 0.223 e. The second kappa shape index (κ2) is 11.1. The molecule has 0 aliphatic carbocycles. The highest BCUT2D eigenvalue weighted by Crippen LogP contribution is 2.16. The SMILES string of the molecule is COCCN(C(=O)C[C@@H](CN)CC(C)C)C(C)COC. The normalized spacial score (nSPS) is 14.3. The summed E-state index contributed by atoms with van der Waals surface area (Å²) in [5.74, 6) is 0.949. The molecule has 0 saturated heterocycles. The van der Waals surface area contributed by atoms with E-state index in [9.17, 15) is 4.79 Å². The van der Waals surface area contributed by atoms with E-state index in [4.69, 9.17) is 15.2 Å². The Hall–Kier alpha value is -0.650. The monoisotopic (exact) mass is 288 g/mol. The van der Waals surface area contributed by atoms with Gasteiger partial charge in [-0.3, -0.25) is 4.79 Å². The van der Waals surface area contributed by atoms with E-state index >= 15 is 0 Å². The van der Waals surface area contributed by atoms with Crippen LogP contribution in [0.2, 0.25) is 0 Å². The van der Waals surface area contributed by atoms with Gasteiger partial charge in [-0.2, -0.15) is 0 Å². The standard InChI is InChI=1S/C15H32N2O3/c1-12(2)8-14(10-16)9-15(18)17(6-7-19-4)13(3)11-20-5/h12-14H,6-11,16H2,1-5H3/t13?,14-/m0/s1. The highest BCUT2D eigenvalue weighted by atomic mass is 16.5. The molecule has 1 amide bonds. The van der Waals surface area contributed by atoms with Crippen LogP contribution in [0.4, 0.5) is 0 Å². The van der Waals surface area contributed by atoms with Gasteiger partial charge >= 0.3 is 0 Å². The van der Waals surface area contributed by atoms with Gasteiger partial charge in [0.2, 0.25) is 5.91 Å². The quantitative estimate of drug-likeness (QED) is 0.626. The van der Waals surface area contributed by atoms with Crippen molar-refractivity contribution in [3.05, 3.63) is 0 Å². The zero-order valence-electron chi connectivity index (χ0n) is 13.7. The van der Waals surface area contributed by atoms with Crippen LogP contribution in [0, 0.1) is 11.8 Å². The van der Waals surface area contributed by atoms with Crippen LogP contribution >= 0.6 is 0 Å². The molecule has 0 fully saturated rings. The van der Waals surface area contributed by atoms with Crippen LogP contribution in [0.5, 0.6) is 0 Å². The summed E-state index contributed by atoms with van der Waals surface area (Å²) in [6, 6.07) is 0.0557. The Kier molecular flexibility index (Phi) is 10.7. The maximum Gasteiger partial charge on any atom is 0.223 e. The lowest BCUT2D eigenvalue weighted by atomic mass is 9.93. The van der Waals surface area contributed by atoms with Gasteiger partial charge in [-0.25, -0.2) is 0 Å². The molecule has 2 atom stereocenters. The number of carbonyl (C=O) groups excluding carboxylic acids is 1. The average molecular weight is 288 g/mol. The minimum atomic E-state index is 0.0557. The summed E-state index contributed by atoms with van der Waals surface area (Å²) < 4.78 is 10.2. The number of rotatable bonds is 11. The third-order valence-corrected chi connectivity index (χ3v) is 3.40. The van der Waals surface area contributed by atoms with Crippen molar-refractivity contribution in [2.24, 2.45) is 17.6 Å². The summed E-state index contributed by atoms with van der Waals surface area (Å²) in [4.78, 5) is 14.3. The van der Waals surface area contributed by atoms with E-state index in [0.717, 1.165) is 6.42 Å². The summed E-state index contributed by atoms with van der Waals surface area (Å²) >= 11 is 0. The third kappa shape index (κ3) is 7.82. The van der Waals surface area contributed by atoms with Gasteiger partial charge < -0.3 is 20.1 Å². The van der Waals surface area contributed by atoms with Gasteiger partial charge in [-0.15, -0.1) is 0 Å². The molecule has 0 bridgehead atoms. The molecule has 0 aliphatic rings. The van der Waals surface area contributed by atoms with Crippen LogP contribution in [0.25, 0.3) is 0 Å². The lowest BCUT2D eigenvalue weighted by molar-refractivity contribution is -0.136. The summed E-state index contributed by atoms with van der Waals surface area (Å²) in [5, 5.41) is 0. The van der Waals surface area contributed by atoms with Crippen molar-refractivity contribution >= 4 is 5.91 Å². The lowest BCUT2D eigenvalue weighted by Crippen LogP contribution is -2.44. The van der Waals surface area contributed by atoms with Gasteiger partial charge in [0.05, 0.1) is 19.3 Å². The van der Waals surface area contributed by atoms with Crippen LogP contribution in [0.3, 0.4) is 0 Å². The van der Waals surface area contributed by atoms with Crippen molar-refractivity contribution in [3.63, 3.8) is 0 Å². The number of carbonyl (C=O) groups is 1. The van der Waals surface area contributed by atoms with Crippen LogP contribution in [-0.4, -0.2) is 57.4 Å². The van der Waals surface area contributed by atoms with Crippen molar-refractivity contribution in [2.75, 3.05) is 40.5 Å². The molecule has 0 rings (SSSR count). The van der Waals surface area contributed by atoms with Crippen LogP contribution in [0.1, 0.15) is 33.6 Å². The molecule has 20 heavy (non-hydrogen) atoms. The fraction of sp³-hybridized carbons (Fsp3) is 0.933. The Morgan fingerprint density at radius 3 is 2.30 bits per heavy atom. The number of hydrogen-bond donors (Lipinski definition) is 1. The maximum absolute atomic E-state index is 12.5. The van der Waals surface area contributed by atoms with Gasteiger partial charge in [-0.05, 0) is 31.7 Å². The van der Waals surface area contributed by atoms with E-state index in [0.29, 0.717) is 38.6 Å². The van der Waals surface area contributed by atoms with Crippen molar-refractivity contribution in [2.45, 2.75) is 39.7 Å². The van der Waals surface area contributed by atoms with Crippen molar-refractivity contribution < 1.29 is 14.3 Å². The average Bonchev–Trinajstić information content (AvgIpc) is 2.38. The first-order chi connectivity index (χ1) is 9.46. The molecule has 0 saturated carbocycles. The number of methoxy groups -OCH3 is 2. The number of ether oxygens (including phenoxy) is 2. The van der Waals surface area contributed by atoms with Gasteiger partial charge in [0.1, 0.15) is 0 Å². The van der Waals surface area contributed by atoms with E-state index in [1.54, 1.807) is 14.2 Å².